The van der Waals surface area contributed by atoms with Gasteiger partial charge in [0.15, 0.2) is 0 Å². The lowest BCUT2D eigenvalue weighted by atomic mass is 9.97. The Morgan fingerprint density at radius 1 is 1.07 bits per heavy atom. The summed E-state index contributed by atoms with van der Waals surface area (Å²) < 4.78 is 23.8. The zero-order valence-electron chi connectivity index (χ0n) is 17.3. The maximum absolute atomic E-state index is 13.0. The van der Waals surface area contributed by atoms with Crippen molar-refractivity contribution < 1.29 is 23.5 Å². The molecule has 0 N–H and O–H groups in total. The molecule has 2 saturated heterocycles. The zero-order valence-corrected chi connectivity index (χ0v) is 17.3. The van der Waals surface area contributed by atoms with Crippen molar-refractivity contribution in [2.75, 3.05) is 46.5 Å². The summed E-state index contributed by atoms with van der Waals surface area (Å²) >= 11 is 0. The summed E-state index contributed by atoms with van der Waals surface area (Å²) in [6.07, 6.45) is 0.643. The molecular formula is C21H30FN3O4. The molecule has 0 bridgehead atoms. The van der Waals surface area contributed by atoms with E-state index in [9.17, 15) is 14.0 Å². The third-order valence-electron chi connectivity index (χ3n) is 5.38. The van der Waals surface area contributed by atoms with Crippen LogP contribution in [0.15, 0.2) is 24.3 Å². The van der Waals surface area contributed by atoms with E-state index in [0.717, 1.165) is 0 Å². The smallest absolute Gasteiger partial charge is 0.321 e. The number of ether oxygens (including phenoxy) is 2. The van der Waals surface area contributed by atoms with Crippen molar-refractivity contribution in [2.24, 2.45) is 5.92 Å². The van der Waals surface area contributed by atoms with Crippen LogP contribution in [0.25, 0.3) is 0 Å². The average molecular weight is 407 g/mol. The van der Waals surface area contributed by atoms with Gasteiger partial charge in [0.2, 0.25) is 5.91 Å². The molecular weight excluding hydrogens is 377 g/mol. The van der Waals surface area contributed by atoms with Crippen molar-refractivity contribution in [1.82, 2.24) is 14.7 Å². The first-order valence-corrected chi connectivity index (χ1v) is 10.1. The van der Waals surface area contributed by atoms with E-state index in [1.54, 1.807) is 29.0 Å². The molecule has 1 aromatic rings. The Hall–Kier alpha value is -2.35. The first-order chi connectivity index (χ1) is 13.9. The van der Waals surface area contributed by atoms with Gasteiger partial charge >= 0.3 is 6.03 Å². The number of rotatable bonds is 9. The predicted octanol–water partition coefficient (Wildman–Crippen LogP) is 2.21. The van der Waals surface area contributed by atoms with Gasteiger partial charge in [-0.25, -0.2) is 9.18 Å². The van der Waals surface area contributed by atoms with Gasteiger partial charge in [0.05, 0.1) is 19.2 Å². The van der Waals surface area contributed by atoms with Crippen LogP contribution in [0.3, 0.4) is 0 Å². The van der Waals surface area contributed by atoms with Crippen LogP contribution in [-0.4, -0.2) is 85.2 Å². The number of methoxy groups -OCH3 is 1. The van der Waals surface area contributed by atoms with Crippen LogP contribution < -0.4 is 4.74 Å². The predicted molar refractivity (Wildman–Crippen MR) is 106 cm³/mol. The maximum Gasteiger partial charge on any atom is 0.321 e. The molecule has 1 aromatic carbocycles. The second-order valence-corrected chi connectivity index (χ2v) is 8.01. The SMILES string of the molecule is COCCN1C[C@@H]2CN(CCOc3ccc(F)cc3)C(=O)N2[C@@H](CC(C)C)C1=O. The first-order valence-electron chi connectivity index (χ1n) is 10.1. The standard InChI is InChI=1S/C21H30FN3O4/c1-15(2)12-19-20(26)23(8-10-28-3)13-17-14-24(21(27)25(17)19)9-11-29-18-6-4-16(22)5-7-18/h4-7,15,17,19H,8-14H2,1-3H3/t17-,19+/m1/s1. The molecule has 0 aliphatic carbocycles. The van der Waals surface area contributed by atoms with Crippen molar-refractivity contribution in [3.8, 4) is 5.75 Å². The molecule has 0 saturated carbocycles. The molecule has 2 aliphatic heterocycles. The number of nitrogens with zero attached hydrogens (tertiary/aromatic N) is 3. The van der Waals surface area contributed by atoms with E-state index in [0.29, 0.717) is 57.5 Å². The van der Waals surface area contributed by atoms with Gasteiger partial charge in [-0.3, -0.25) is 4.79 Å². The summed E-state index contributed by atoms with van der Waals surface area (Å²) in [4.78, 5) is 31.4. The van der Waals surface area contributed by atoms with Gasteiger partial charge in [0, 0.05) is 26.7 Å². The lowest BCUT2D eigenvalue weighted by Gasteiger charge is -2.42. The number of carbonyl (C=O) groups is 2. The van der Waals surface area contributed by atoms with Gasteiger partial charge < -0.3 is 24.2 Å². The molecule has 2 aliphatic rings. The van der Waals surface area contributed by atoms with Gasteiger partial charge in [0.25, 0.3) is 0 Å². The highest BCUT2D eigenvalue weighted by atomic mass is 19.1. The zero-order chi connectivity index (χ0) is 21.0. The van der Waals surface area contributed by atoms with Crippen LogP contribution in [0.4, 0.5) is 9.18 Å². The fraction of sp³-hybridized carbons (Fsp3) is 0.619. The van der Waals surface area contributed by atoms with Gasteiger partial charge in [-0.05, 0) is 36.6 Å². The lowest BCUT2D eigenvalue weighted by Crippen LogP contribution is -2.61. The summed E-state index contributed by atoms with van der Waals surface area (Å²) in [6, 6.07) is 5.25. The molecule has 8 heteroatoms. The molecule has 7 nitrogen and oxygen atoms in total. The number of carbonyl (C=O) groups excluding carboxylic acids is 2. The van der Waals surface area contributed by atoms with E-state index in [-0.39, 0.29) is 23.8 Å². The minimum absolute atomic E-state index is 0.00441. The number of halogens is 1. The van der Waals surface area contributed by atoms with Gasteiger partial charge in [0.1, 0.15) is 24.2 Å². The fourth-order valence-electron chi connectivity index (χ4n) is 4.00. The van der Waals surface area contributed by atoms with Crippen molar-refractivity contribution in [2.45, 2.75) is 32.4 Å². The molecule has 3 amide bonds. The molecule has 2 heterocycles. The van der Waals surface area contributed by atoms with Crippen molar-refractivity contribution in [1.29, 1.82) is 0 Å². The molecule has 0 aromatic heterocycles. The number of benzene rings is 1. The van der Waals surface area contributed by atoms with Crippen LogP contribution in [0, 0.1) is 11.7 Å². The van der Waals surface area contributed by atoms with E-state index in [2.05, 4.69) is 13.8 Å². The second kappa shape index (κ2) is 9.43. The molecule has 0 spiro atoms. The second-order valence-electron chi connectivity index (χ2n) is 8.01. The van der Waals surface area contributed by atoms with Crippen molar-refractivity contribution >= 4 is 11.9 Å². The Labute approximate surface area is 171 Å². The number of hydrogen-bond acceptors (Lipinski definition) is 4. The summed E-state index contributed by atoms with van der Waals surface area (Å²) in [7, 11) is 1.62. The highest BCUT2D eigenvalue weighted by Crippen LogP contribution is 2.29. The van der Waals surface area contributed by atoms with Crippen LogP contribution in [-0.2, 0) is 9.53 Å². The lowest BCUT2D eigenvalue weighted by molar-refractivity contribution is -0.143. The molecule has 0 unspecified atom stereocenters. The van der Waals surface area contributed by atoms with E-state index in [1.165, 1.54) is 12.1 Å². The van der Waals surface area contributed by atoms with E-state index in [4.69, 9.17) is 9.47 Å². The molecule has 2 atom stereocenters. The number of piperazine rings is 1. The maximum atomic E-state index is 13.0. The molecule has 160 valence electrons. The Bertz CT molecular complexity index is 712. The largest absolute Gasteiger partial charge is 0.492 e. The Morgan fingerprint density at radius 2 is 1.72 bits per heavy atom. The summed E-state index contributed by atoms with van der Waals surface area (Å²) in [5.41, 5.74) is 0. The van der Waals surface area contributed by atoms with Gasteiger partial charge in [-0.1, -0.05) is 13.8 Å². The minimum atomic E-state index is -0.430. The van der Waals surface area contributed by atoms with Crippen LogP contribution in [0.2, 0.25) is 0 Å². The van der Waals surface area contributed by atoms with E-state index < -0.39 is 6.04 Å². The number of amides is 3. The quantitative estimate of drug-likeness (QED) is 0.630. The molecule has 29 heavy (non-hydrogen) atoms. The van der Waals surface area contributed by atoms with Gasteiger partial charge in [-0.2, -0.15) is 0 Å². The average Bonchev–Trinajstić information content (AvgIpc) is 2.99. The third-order valence-corrected chi connectivity index (χ3v) is 5.38. The molecule has 3 rings (SSSR count). The van der Waals surface area contributed by atoms with E-state index in [1.807, 2.05) is 4.90 Å². The highest BCUT2D eigenvalue weighted by Gasteiger charge is 2.49. The van der Waals surface area contributed by atoms with Crippen LogP contribution >= 0.6 is 0 Å². The Morgan fingerprint density at radius 3 is 2.38 bits per heavy atom. The summed E-state index contributed by atoms with van der Waals surface area (Å²) in [5, 5.41) is 0. The minimum Gasteiger partial charge on any atom is -0.492 e. The Kier molecular flexibility index (Phi) is 6.95. The summed E-state index contributed by atoms with van der Waals surface area (Å²) in [5.74, 6) is 0.553. The number of urea groups is 1. The monoisotopic (exact) mass is 407 g/mol. The topological polar surface area (TPSA) is 62.3 Å². The van der Waals surface area contributed by atoms with Crippen molar-refractivity contribution in [3.05, 3.63) is 30.1 Å². The van der Waals surface area contributed by atoms with Gasteiger partial charge in [-0.15, -0.1) is 0 Å². The van der Waals surface area contributed by atoms with Crippen molar-refractivity contribution in [3.63, 3.8) is 0 Å². The molecule has 2 fully saturated rings. The first kappa shape index (κ1) is 21.4. The number of fused-ring (bicyclic) bond motifs is 1. The van der Waals surface area contributed by atoms with E-state index >= 15 is 0 Å². The number of hydrogen-bond donors (Lipinski definition) is 0. The fourth-order valence-corrected chi connectivity index (χ4v) is 4.00. The van der Waals surface area contributed by atoms with Crippen LogP contribution in [0.5, 0.6) is 5.75 Å². The highest BCUT2D eigenvalue weighted by molar-refractivity contribution is 5.90. The molecule has 0 radical (unpaired) electrons. The normalized spacial score (nSPS) is 21.9. The third kappa shape index (κ3) is 4.98. The summed E-state index contributed by atoms with van der Waals surface area (Å²) in [6.45, 7) is 6.97. The Balaban J connectivity index is 1.64. The van der Waals surface area contributed by atoms with Crippen LogP contribution in [0.1, 0.15) is 20.3 Å².